The van der Waals surface area contributed by atoms with Crippen LogP contribution in [0.5, 0.6) is 0 Å². The first kappa shape index (κ1) is 12.8. The number of carbonyl (C=O) groups is 1. The van der Waals surface area contributed by atoms with E-state index in [1.165, 1.54) is 6.26 Å². The van der Waals surface area contributed by atoms with Crippen LogP contribution in [0.1, 0.15) is 15.9 Å². The molecule has 0 N–H and O–H groups in total. The molecule has 5 heteroatoms. The second-order valence-electron chi connectivity index (χ2n) is 3.94. The van der Waals surface area contributed by atoms with Gasteiger partial charge >= 0.3 is 0 Å². The van der Waals surface area contributed by atoms with E-state index >= 15 is 0 Å². The lowest BCUT2D eigenvalue weighted by atomic mass is 10.2. The van der Waals surface area contributed by atoms with E-state index in [2.05, 4.69) is 20.9 Å². The van der Waals surface area contributed by atoms with Gasteiger partial charge in [0, 0.05) is 26.0 Å². The Hall–Kier alpha value is -1.62. The van der Waals surface area contributed by atoms with Gasteiger partial charge in [0.05, 0.1) is 11.8 Å². The average Bonchev–Trinajstić information content (AvgIpc) is 2.82. The number of hydrogen-bond acceptors (Lipinski definition) is 3. The van der Waals surface area contributed by atoms with Crippen LogP contribution in [0.4, 0.5) is 0 Å². The predicted octanol–water partition coefficient (Wildman–Crippen LogP) is 2.75. The quantitative estimate of drug-likeness (QED) is 0.872. The topological polar surface area (TPSA) is 46.3 Å². The SMILES string of the molecule is CN(CCc1ccncc1)C(=O)c1ccoc1Br. The summed E-state index contributed by atoms with van der Waals surface area (Å²) in [7, 11) is 1.78. The highest BCUT2D eigenvalue weighted by Crippen LogP contribution is 2.19. The summed E-state index contributed by atoms with van der Waals surface area (Å²) in [5, 5.41) is 0. The summed E-state index contributed by atoms with van der Waals surface area (Å²) in [6.45, 7) is 0.653. The van der Waals surface area contributed by atoms with E-state index in [9.17, 15) is 4.79 Å². The number of rotatable bonds is 4. The summed E-state index contributed by atoms with van der Waals surface area (Å²) >= 11 is 3.21. The summed E-state index contributed by atoms with van der Waals surface area (Å²) in [5.41, 5.74) is 1.71. The zero-order valence-electron chi connectivity index (χ0n) is 9.97. The summed E-state index contributed by atoms with van der Waals surface area (Å²) in [5.74, 6) is -0.0512. The fourth-order valence-corrected chi connectivity index (χ4v) is 2.01. The van der Waals surface area contributed by atoms with Gasteiger partial charge in [-0.3, -0.25) is 9.78 Å². The normalized spacial score (nSPS) is 10.3. The summed E-state index contributed by atoms with van der Waals surface area (Å²) in [6, 6.07) is 5.56. The zero-order valence-corrected chi connectivity index (χ0v) is 11.6. The van der Waals surface area contributed by atoms with Crippen molar-refractivity contribution in [1.29, 1.82) is 0 Å². The molecule has 0 bridgehead atoms. The molecule has 2 rings (SSSR count). The maximum atomic E-state index is 12.1. The van der Waals surface area contributed by atoms with E-state index in [-0.39, 0.29) is 5.91 Å². The maximum absolute atomic E-state index is 12.1. The monoisotopic (exact) mass is 308 g/mol. The summed E-state index contributed by atoms with van der Waals surface area (Å²) < 4.78 is 5.53. The van der Waals surface area contributed by atoms with Crippen molar-refractivity contribution in [2.24, 2.45) is 0 Å². The molecule has 0 aliphatic heterocycles. The van der Waals surface area contributed by atoms with E-state index in [0.29, 0.717) is 16.8 Å². The molecule has 1 amide bonds. The van der Waals surface area contributed by atoms with Crippen molar-refractivity contribution in [2.75, 3.05) is 13.6 Å². The van der Waals surface area contributed by atoms with Gasteiger partial charge in [-0.25, -0.2) is 0 Å². The Morgan fingerprint density at radius 2 is 2.11 bits per heavy atom. The number of nitrogens with zero attached hydrogens (tertiary/aromatic N) is 2. The van der Waals surface area contributed by atoms with Crippen LogP contribution in [0.15, 0.2) is 45.9 Å². The van der Waals surface area contributed by atoms with Crippen LogP contribution in [0.25, 0.3) is 0 Å². The van der Waals surface area contributed by atoms with Crippen LogP contribution in [0.2, 0.25) is 0 Å². The maximum Gasteiger partial charge on any atom is 0.258 e. The second-order valence-corrected chi connectivity index (χ2v) is 4.66. The molecule has 0 unspecified atom stereocenters. The van der Waals surface area contributed by atoms with Gasteiger partial charge in [0.1, 0.15) is 0 Å². The van der Waals surface area contributed by atoms with Crippen molar-refractivity contribution < 1.29 is 9.21 Å². The third-order valence-electron chi connectivity index (χ3n) is 2.68. The third-order valence-corrected chi connectivity index (χ3v) is 3.29. The van der Waals surface area contributed by atoms with Gasteiger partial charge < -0.3 is 9.32 Å². The molecule has 0 aromatic carbocycles. The molecule has 4 nitrogen and oxygen atoms in total. The number of amides is 1. The lowest BCUT2D eigenvalue weighted by Gasteiger charge is -2.16. The minimum Gasteiger partial charge on any atom is -0.457 e. The summed E-state index contributed by atoms with van der Waals surface area (Å²) in [4.78, 5) is 17.7. The molecule has 0 saturated carbocycles. The molecule has 94 valence electrons. The highest BCUT2D eigenvalue weighted by molar-refractivity contribution is 9.10. The highest BCUT2D eigenvalue weighted by Gasteiger charge is 2.16. The number of halogens is 1. The van der Waals surface area contributed by atoms with Crippen molar-refractivity contribution in [3.63, 3.8) is 0 Å². The Kier molecular flexibility index (Phi) is 4.15. The second kappa shape index (κ2) is 5.82. The van der Waals surface area contributed by atoms with Crippen LogP contribution >= 0.6 is 15.9 Å². The Bertz CT molecular complexity index is 525. The van der Waals surface area contributed by atoms with Gasteiger partial charge in [0.15, 0.2) is 4.67 Å². The van der Waals surface area contributed by atoms with Gasteiger partial charge in [0.25, 0.3) is 5.91 Å². The van der Waals surface area contributed by atoms with Gasteiger partial charge in [-0.05, 0) is 46.1 Å². The molecular weight excluding hydrogens is 296 g/mol. The predicted molar refractivity (Wildman–Crippen MR) is 71.3 cm³/mol. The third kappa shape index (κ3) is 2.98. The van der Waals surface area contributed by atoms with E-state index < -0.39 is 0 Å². The van der Waals surface area contributed by atoms with Crippen molar-refractivity contribution in [1.82, 2.24) is 9.88 Å². The van der Waals surface area contributed by atoms with Crippen LogP contribution in [-0.2, 0) is 6.42 Å². The van der Waals surface area contributed by atoms with Gasteiger partial charge in [-0.1, -0.05) is 0 Å². The molecule has 2 heterocycles. The molecular formula is C13H13BrN2O2. The van der Waals surface area contributed by atoms with Crippen LogP contribution < -0.4 is 0 Å². The van der Waals surface area contributed by atoms with Crippen LogP contribution in [0, 0.1) is 0 Å². The number of carbonyl (C=O) groups excluding carboxylic acids is 1. The van der Waals surface area contributed by atoms with Gasteiger partial charge in [-0.15, -0.1) is 0 Å². The van der Waals surface area contributed by atoms with E-state index in [1.54, 1.807) is 30.4 Å². The first-order chi connectivity index (χ1) is 8.68. The molecule has 0 saturated heterocycles. The van der Waals surface area contributed by atoms with Crippen molar-refractivity contribution in [2.45, 2.75) is 6.42 Å². The van der Waals surface area contributed by atoms with E-state index in [0.717, 1.165) is 12.0 Å². The van der Waals surface area contributed by atoms with Gasteiger partial charge in [0.2, 0.25) is 0 Å². The fraction of sp³-hybridized carbons (Fsp3) is 0.231. The Morgan fingerprint density at radius 1 is 1.39 bits per heavy atom. The molecule has 0 atom stereocenters. The van der Waals surface area contributed by atoms with E-state index in [1.807, 2.05) is 12.1 Å². The molecule has 0 aliphatic carbocycles. The smallest absolute Gasteiger partial charge is 0.258 e. The number of likely N-dealkylation sites (N-methyl/N-ethyl adjacent to an activating group) is 1. The largest absolute Gasteiger partial charge is 0.457 e. The number of pyridine rings is 1. The minimum atomic E-state index is -0.0512. The van der Waals surface area contributed by atoms with Crippen LogP contribution in [-0.4, -0.2) is 29.4 Å². The Morgan fingerprint density at radius 3 is 2.72 bits per heavy atom. The number of aromatic nitrogens is 1. The molecule has 0 fully saturated rings. The highest BCUT2D eigenvalue weighted by atomic mass is 79.9. The number of furan rings is 1. The zero-order chi connectivity index (χ0) is 13.0. The lowest BCUT2D eigenvalue weighted by Crippen LogP contribution is -2.28. The van der Waals surface area contributed by atoms with Crippen molar-refractivity contribution in [3.05, 3.63) is 52.7 Å². The number of hydrogen-bond donors (Lipinski definition) is 0. The van der Waals surface area contributed by atoms with Crippen molar-refractivity contribution >= 4 is 21.8 Å². The van der Waals surface area contributed by atoms with Crippen LogP contribution in [0.3, 0.4) is 0 Å². The Labute approximate surface area is 114 Å². The molecule has 2 aromatic heterocycles. The average molecular weight is 309 g/mol. The summed E-state index contributed by atoms with van der Waals surface area (Å²) in [6.07, 6.45) is 5.81. The van der Waals surface area contributed by atoms with Crippen molar-refractivity contribution in [3.8, 4) is 0 Å². The first-order valence-corrected chi connectivity index (χ1v) is 6.35. The first-order valence-electron chi connectivity index (χ1n) is 5.56. The molecule has 0 spiro atoms. The molecule has 2 aromatic rings. The van der Waals surface area contributed by atoms with E-state index in [4.69, 9.17) is 4.42 Å². The molecule has 0 radical (unpaired) electrons. The molecule has 0 aliphatic rings. The Balaban J connectivity index is 1.95. The standard InChI is InChI=1S/C13H13BrN2O2/c1-16(8-4-10-2-6-15-7-3-10)13(17)11-5-9-18-12(11)14/h2-3,5-7,9H,4,8H2,1H3. The lowest BCUT2D eigenvalue weighted by molar-refractivity contribution is 0.0794. The van der Waals surface area contributed by atoms with Gasteiger partial charge in [-0.2, -0.15) is 0 Å². The minimum absolute atomic E-state index is 0.0512. The fourth-order valence-electron chi connectivity index (χ4n) is 1.60. The molecule has 18 heavy (non-hydrogen) atoms.